The van der Waals surface area contributed by atoms with Crippen molar-refractivity contribution >= 4 is 35.0 Å². The molecule has 3 aromatic carbocycles. The Bertz CT molecular complexity index is 1100. The molecular formula is C26H22Cl2N2. The average molecular weight is 433 g/mol. The van der Waals surface area contributed by atoms with Gasteiger partial charge in [-0.25, -0.2) is 0 Å². The predicted molar refractivity (Wildman–Crippen MR) is 127 cm³/mol. The minimum atomic E-state index is 0.147. The van der Waals surface area contributed by atoms with Crippen LogP contribution in [-0.4, -0.2) is 0 Å². The third kappa shape index (κ3) is 3.74. The minimum Gasteiger partial charge on any atom is -0.297 e. The number of nitrogens with one attached hydrogen (secondary N) is 1. The van der Waals surface area contributed by atoms with Crippen LogP contribution in [-0.2, 0) is 0 Å². The van der Waals surface area contributed by atoms with Crippen molar-refractivity contribution in [1.29, 1.82) is 0 Å². The van der Waals surface area contributed by atoms with Gasteiger partial charge in [-0.3, -0.25) is 10.4 Å². The minimum absolute atomic E-state index is 0.147. The number of para-hydroxylation sites is 1. The van der Waals surface area contributed by atoms with Crippen LogP contribution in [0.4, 0.5) is 5.69 Å². The van der Waals surface area contributed by atoms with Crippen LogP contribution in [0.2, 0.25) is 10.0 Å². The van der Waals surface area contributed by atoms with Gasteiger partial charge in [-0.2, -0.15) is 0 Å². The molecule has 0 amide bonds. The van der Waals surface area contributed by atoms with Gasteiger partial charge in [-0.05, 0) is 84.0 Å². The average Bonchev–Trinajstić information content (AvgIpc) is 3.17. The molecule has 1 aliphatic carbocycles. The highest BCUT2D eigenvalue weighted by molar-refractivity contribution is 6.30. The molecule has 150 valence electrons. The Balaban J connectivity index is 1.59. The second-order valence-corrected chi connectivity index (χ2v) is 8.62. The van der Waals surface area contributed by atoms with Gasteiger partial charge in [0.1, 0.15) is 0 Å². The normalized spacial score (nSPS) is 19.7. The third-order valence-electron chi connectivity index (χ3n) is 5.79. The van der Waals surface area contributed by atoms with Gasteiger partial charge in [-0.1, -0.05) is 65.7 Å². The molecule has 0 aromatic heterocycles. The first-order chi connectivity index (χ1) is 14.7. The van der Waals surface area contributed by atoms with Gasteiger partial charge in [0.25, 0.3) is 0 Å². The Labute approximate surface area is 187 Å². The topological polar surface area (TPSA) is 15.3 Å². The zero-order valence-corrected chi connectivity index (χ0v) is 18.0. The highest BCUT2D eigenvalue weighted by Gasteiger charge is 2.36. The van der Waals surface area contributed by atoms with Gasteiger partial charge in [0.15, 0.2) is 0 Å². The van der Waals surface area contributed by atoms with E-state index < -0.39 is 0 Å². The molecule has 2 nitrogen and oxygen atoms in total. The Morgan fingerprint density at radius 3 is 2.17 bits per heavy atom. The van der Waals surface area contributed by atoms with Crippen LogP contribution in [0.3, 0.4) is 0 Å². The smallest absolute Gasteiger partial charge is 0.0987 e. The maximum absolute atomic E-state index is 6.17. The molecule has 4 heteroatoms. The number of halogens is 2. The fraction of sp³-hybridized carbons (Fsp3) is 0.154. The summed E-state index contributed by atoms with van der Waals surface area (Å²) < 4.78 is 0. The molecule has 0 bridgehead atoms. The van der Waals surface area contributed by atoms with Crippen LogP contribution in [0, 0.1) is 0 Å². The quantitative estimate of drug-likeness (QED) is 0.458. The number of nitrogens with zero attached hydrogens (tertiary/aromatic N) is 1. The zero-order valence-electron chi connectivity index (χ0n) is 16.5. The summed E-state index contributed by atoms with van der Waals surface area (Å²) in [7, 11) is 0. The molecule has 1 N–H and O–H groups in total. The first kappa shape index (κ1) is 19.3. The number of hydrogen-bond donors (Lipinski definition) is 1. The molecule has 0 spiro atoms. The second kappa shape index (κ2) is 8.22. The van der Waals surface area contributed by atoms with Crippen molar-refractivity contribution in [3.8, 4) is 0 Å². The van der Waals surface area contributed by atoms with Crippen LogP contribution in [0.15, 0.2) is 95.7 Å². The van der Waals surface area contributed by atoms with E-state index in [0.29, 0.717) is 0 Å². The summed E-state index contributed by atoms with van der Waals surface area (Å²) in [6, 6.07) is 26.9. The molecule has 5 rings (SSSR count). The second-order valence-electron chi connectivity index (χ2n) is 7.75. The van der Waals surface area contributed by atoms with E-state index >= 15 is 0 Å². The van der Waals surface area contributed by atoms with E-state index in [1.165, 1.54) is 28.0 Å². The lowest BCUT2D eigenvalue weighted by atomic mass is 9.86. The molecule has 0 saturated heterocycles. The Morgan fingerprint density at radius 1 is 0.800 bits per heavy atom. The Morgan fingerprint density at radius 2 is 1.47 bits per heavy atom. The largest absolute Gasteiger partial charge is 0.297 e. The van der Waals surface area contributed by atoms with Crippen molar-refractivity contribution in [3.05, 3.63) is 117 Å². The van der Waals surface area contributed by atoms with Crippen LogP contribution >= 0.6 is 23.2 Å². The number of hydrazine groups is 1. The van der Waals surface area contributed by atoms with Crippen LogP contribution in [0.25, 0.3) is 6.08 Å². The highest BCUT2D eigenvalue weighted by Crippen LogP contribution is 2.45. The number of benzene rings is 3. The molecule has 1 heterocycles. The van der Waals surface area contributed by atoms with E-state index in [1.807, 2.05) is 24.3 Å². The maximum Gasteiger partial charge on any atom is 0.0987 e. The summed E-state index contributed by atoms with van der Waals surface area (Å²) in [5, 5.41) is 3.81. The molecule has 0 saturated carbocycles. The van der Waals surface area contributed by atoms with Crippen LogP contribution in [0.5, 0.6) is 0 Å². The van der Waals surface area contributed by atoms with Gasteiger partial charge < -0.3 is 0 Å². The van der Waals surface area contributed by atoms with E-state index in [9.17, 15) is 0 Å². The first-order valence-corrected chi connectivity index (χ1v) is 11.0. The molecule has 0 fully saturated rings. The van der Waals surface area contributed by atoms with Crippen molar-refractivity contribution < 1.29 is 0 Å². The van der Waals surface area contributed by atoms with Crippen LogP contribution < -0.4 is 10.4 Å². The van der Waals surface area contributed by atoms with Gasteiger partial charge in [-0.15, -0.1) is 0 Å². The van der Waals surface area contributed by atoms with Crippen molar-refractivity contribution in [1.82, 2.24) is 5.43 Å². The molecule has 1 aliphatic heterocycles. The van der Waals surface area contributed by atoms with Crippen molar-refractivity contribution in [2.24, 2.45) is 0 Å². The molecule has 1 atom stereocenters. The number of anilines is 1. The summed E-state index contributed by atoms with van der Waals surface area (Å²) in [6.45, 7) is 0. The lowest BCUT2D eigenvalue weighted by Crippen LogP contribution is -2.34. The SMILES string of the molecule is Clc1ccc(C=C2CCCC3=C2NN(c2ccccc2)[C@@H]3c2ccc(Cl)cc2)cc1. The fourth-order valence-corrected chi connectivity index (χ4v) is 4.64. The fourth-order valence-electron chi connectivity index (χ4n) is 4.39. The number of rotatable bonds is 3. The van der Waals surface area contributed by atoms with Gasteiger partial charge in [0.05, 0.1) is 17.4 Å². The van der Waals surface area contributed by atoms with Gasteiger partial charge in [0.2, 0.25) is 0 Å². The Hall–Kier alpha value is -2.68. The standard InChI is InChI=1S/C26H22Cl2N2/c27-21-13-9-18(10-14-21)17-20-5-4-8-24-25(20)29-30(23-6-2-1-3-7-23)26(24)19-11-15-22(28)16-12-19/h1-3,6-7,9-17,26,29H,4-5,8H2/t26-/m1/s1. The van der Waals surface area contributed by atoms with E-state index in [4.69, 9.17) is 23.2 Å². The summed E-state index contributed by atoms with van der Waals surface area (Å²) in [6.07, 6.45) is 5.57. The predicted octanol–water partition coefficient (Wildman–Crippen LogP) is 7.58. The lowest BCUT2D eigenvalue weighted by Gasteiger charge is -2.29. The van der Waals surface area contributed by atoms with Crippen LogP contribution in [0.1, 0.15) is 36.4 Å². The van der Waals surface area contributed by atoms with E-state index in [-0.39, 0.29) is 6.04 Å². The Kier molecular flexibility index (Phi) is 5.28. The van der Waals surface area contributed by atoms with Crippen molar-refractivity contribution in [2.75, 3.05) is 5.01 Å². The number of allylic oxidation sites excluding steroid dienone is 1. The van der Waals surface area contributed by atoms with E-state index in [2.05, 4.69) is 71.1 Å². The summed E-state index contributed by atoms with van der Waals surface area (Å²) in [5.41, 5.74) is 11.3. The van der Waals surface area contributed by atoms with E-state index in [0.717, 1.165) is 35.0 Å². The molecule has 30 heavy (non-hydrogen) atoms. The number of hydrogen-bond acceptors (Lipinski definition) is 2. The molecule has 0 radical (unpaired) electrons. The highest BCUT2D eigenvalue weighted by atomic mass is 35.5. The summed E-state index contributed by atoms with van der Waals surface area (Å²) in [5.74, 6) is 0. The molecule has 0 unspecified atom stereocenters. The lowest BCUT2D eigenvalue weighted by molar-refractivity contribution is 0.679. The summed E-state index contributed by atoms with van der Waals surface area (Å²) in [4.78, 5) is 0. The monoisotopic (exact) mass is 432 g/mol. The van der Waals surface area contributed by atoms with Gasteiger partial charge >= 0.3 is 0 Å². The molecular weight excluding hydrogens is 411 g/mol. The maximum atomic E-state index is 6.17. The third-order valence-corrected chi connectivity index (χ3v) is 6.29. The van der Waals surface area contributed by atoms with Crippen molar-refractivity contribution in [2.45, 2.75) is 25.3 Å². The zero-order chi connectivity index (χ0) is 20.5. The van der Waals surface area contributed by atoms with E-state index in [1.54, 1.807) is 0 Å². The molecule has 3 aromatic rings. The first-order valence-electron chi connectivity index (χ1n) is 10.2. The summed E-state index contributed by atoms with van der Waals surface area (Å²) >= 11 is 12.2. The van der Waals surface area contributed by atoms with Gasteiger partial charge in [0, 0.05) is 10.0 Å². The molecule has 2 aliphatic rings. The van der Waals surface area contributed by atoms with Crippen molar-refractivity contribution in [3.63, 3.8) is 0 Å².